The molecule has 1 saturated heterocycles. The summed E-state index contributed by atoms with van der Waals surface area (Å²) in [6.45, 7) is 1.74. The van der Waals surface area contributed by atoms with Crippen molar-refractivity contribution in [1.29, 1.82) is 0 Å². The smallest absolute Gasteiger partial charge is 0.125 e. The van der Waals surface area contributed by atoms with Crippen LogP contribution in [0.4, 0.5) is 0 Å². The lowest BCUT2D eigenvalue weighted by molar-refractivity contribution is 0.0104. The Morgan fingerprint density at radius 1 is 1.22 bits per heavy atom. The van der Waals surface area contributed by atoms with Crippen molar-refractivity contribution < 1.29 is 14.6 Å². The van der Waals surface area contributed by atoms with Crippen molar-refractivity contribution in [2.75, 3.05) is 27.3 Å². The molecular formula is C14H21NO3. The molecule has 0 aromatic heterocycles. The van der Waals surface area contributed by atoms with Crippen molar-refractivity contribution in [3.8, 4) is 11.5 Å². The zero-order chi connectivity index (χ0) is 13.0. The van der Waals surface area contributed by atoms with Crippen molar-refractivity contribution in [3.05, 3.63) is 23.8 Å². The van der Waals surface area contributed by atoms with E-state index < -0.39 is 5.60 Å². The van der Waals surface area contributed by atoms with E-state index in [1.165, 1.54) is 0 Å². The fourth-order valence-electron chi connectivity index (χ4n) is 2.42. The van der Waals surface area contributed by atoms with Crippen LogP contribution in [0.25, 0.3) is 0 Å². The third-order valence-electron chi connectivity index (χ3n) is 3.55. The molecule has 2 N–H and O–H groups in total. The molecule has 1 aliphatic heterocycles. The van der Waals surface area contributed by atoms with Crippen molar-refractivity contribution in [2.24, 2.45) is 0 Å². The van der Waals surface area contributed by atoms with Gasteiger partial charge in [-0.05, 0) is 37.6 Å². The molecule has 0 aliphatic carbocycles. The summed E-state index contributed by atoms with van der Waals surface area (Å²) in [6.07, 6.45) is 2.19. The highest BCUT2D eigenvalue weighted by Crippen LogP contribution is 2.30. The van der Waals surface area contributed by atoms with E-state index in [1.54, 1.807) is 14.2 Å². The van der Waals surface area contributed by atoms with Gasteiger partial charge in [0.05, 0.1) is 19.8 Å². The number of ether oxygens (including phenoxy) is 2. The van der Waals surface area contributed by atoms with Gasteiger partial charge in [-0.3, -0.25) is 0 Å². The second-order valence-electron chi connectivity index (χ2n) is 4.83. The summed E-state index contributed by atoms with van der Waals surface area (Å²) in [5, 5.41) is 13.8. The molecule has 0 atom stereocenters. The van der Waals surface area contributed by atoms with Crippen LogP contribution in [0, 0.1) is 0 Å². The first kappa shape index (κ1) is 13.2. The minimum atomic E-state index is -0.618. The first-order chi connectivity index (χ1) is 8.67. The van der Waals surface area contributed by atoms with Crippen LogP contribution in [0.15, 0.2) is 18.2 Å². The number of benzene rings is 1. The zero-order valence-electron chi connectivity index (χ0n) is 11.0. The molecule has 0 saturated carbocycles. The molecule has 100 valence electrons. The van der Waals surface area contributed by atoms with E-state index in [2.05, 4.69) is 5.32 Å². The molecule has 0 radical (unpaired) electrons. The summed E-state index contributed by atoms with van der Waals surface area (Å²) in [4.78, 5) is 0. The highest BCUT2D eigenvalue weighted by atomic mass is 16.5. The number of nitrogens with one attached hydrogen (secondary N) is 1. The SMILES string of the molecule is COc1ccc(CC2(O)CCNCC2)c(OC)c1. The van der Waals surface area contributed by atoms with Crippen LogP contribution in [-0.4, -0.2) is 38.0 Å². The Bertz CT molecular complexity index is 400. The van der Waals surface area contributed by atoms with Gasteiger partial charge in [-0.25, -0.2) is 0 Å². The van der Waals surface area contributed by atoms with Gasteiger partial charge in [-0.1, -0.05) is 6.07 Å². The van der Waals surface area contributed by atoms with E-state index in [0.29, 0.717) is 6.42 Å². The fraction of sp³-hybridized carbons (Fsp3) is 0.571. The van der Waals surface area contributed by atoms with E-state index in [9.17, 15) is 5.11 Å². The lowest BCUT2D eigenvalue weighted by Crippen LogP contribution is -2.43. The Balaban J connectivity index is 2.17. The second kappa shape index (κ2) is 5.59. The van der Waals surface area contributed by atoms with Crippen molar-refractivity contribution in [3.63, 3.8) is 0 Å². The van der Waals surface area contributed by atoms with Gasteiger partial charge in [0.15, 0.2) is 0 Å². The maximum atomic E-state index is 10.5. The maximum absolute atomic E-state index is 10.5. The van der Waals surface area contributed by atoms with Crippen molar-refractivity contribution in [1.82, 2.24) is 5.32 Å². The minimum absolute atomic E-state index is 0.618. The topological polar surface area (TPSA) is 50.7 Å². The maximum Gasteiger partial charge on any atom is 0.125 e. The molecule has 2 rings (SSSR count). The lowest BCUT2D eigenvalue weighted by Gasteiger charge is -2.33. The Morgan fingerprint density at radius 2 is 1.94 bits per heavy atom. The van der Waals surface area contributed by atoms with Crippen LogP contribution in [0.3, 0.4) is 0 Å². The van der Waals surface area contributed by atoms with Gasteiger partial charge in [0, 0.05) is 12.5 Å². The highest BCUT2D eigenvalue weighted by molar-refractivity contribution is 5.41. The molecule has 1 aliphatic rings. The molecule has 1 aromatic carbocycles. The third-order valence-corrected chi connectivity index (χ3v) is 3.55. The zero-order valence-corrected chi connectivity index (χ0v) is 11.0. The predicted octanol–water partition coefficient (Wildman–Crippen LogP) is 1.36. The molecule has 18 heavy (non-hydrogen) atoms. The summed E-state index contributed by atoms with van der Waals surface area (Å²) >= 11 is 0. The summed E-state index contributed by atoms with van der Waals surface area (Å²) in [5.74, 6) is 1.55. The average molecular weight is 251 g/mol. The Hall–Kier alpha value is -1.26. The summed E-state index contributed by atoms with van der Waals surface area (Å²) < 4.78 is 10.5. The summed E-state index contributed by atoms with van der Waals surface area (Å²) in [7, 11) is 3.28. The summed E-state index contributed by atoms with van der Waals surface area (Å²) in [5.41, 5.74) is 0.412. The molecular weight excluding hydrogens is 230 g/mol. The first-order valence-corrected chi connectivity index (χ1v) is 6.31. The van der Waals surface area contributed by atoms with Crippen LogP contribution < -0.4 is 14.8 Å². The highest BCUT2D eigenvalue weighted by Gasteiger charge is 2.30. The Labute approximate surface area is 108 Å². The van der Waals surface area contributed by atoms with E-state index in [4.69, 9.17) is 9.47 Å². The quantitative estimate of drug-likeness (QED) is 0.848. The van der Waals surface area contributed by atoms with Crippen molar-refractivity contribution >= 4 is 0 Å². The number of methoxy groups -OCH3 is 2. The van der Waals surface area contributed by atoms with Gasteiger partial charge in [-0.2, -0.15) is 0 Å². The first-order valence-electron chi connectivity index (χ1n) is 6.31. The number of rotatable bonds is 4. The largest absolute Gasteiger partial charge is 0.497 e. The van der Waals surface area contributed by atoms with E-state index in [-0.39, 0.29) is 0 Å². The second-order valence-corrected chi connectivity index (χ2v) is 4.83. The Morgan fingerprint density at radius 3 is 2.56 bits per heavy atom. The van der Waals surface area contributed by atoms with Gasteiger partial charge >= 0.3 is 0 Å². The van der Waals surface area contributed by atoms with Gasteiger partial charge in [0.2, 0.25) is 0 Å². The molecule has 0 amide bonds. The molecule has 1 heterocycles. The van der Waals surface area contributed by atoms with E-state index in [0.717, 1.165) is 43.0 Å². The van der Waals surface area contributed by atoms with Crippen LogP contribution in [0.5, 0.6) is 11.5 Å². The lowest BCUT2D eigenvalue weighted by atomic mass is 9.86. The molecule has 0 spiro atoms. The van der Waals surface area contributed by atoms with E-state index >= 15 is 0 Å². The van der Waals surface area contributed by atoms with Crippen LogP contribution in [-0.2, 0) is 6.42 Å². The fourth-order valence-corrected chi connectivity index (χ4v) is 2.42. The van der Waals surface area contributed by atoms with Gasteiger partial charge in [0.1, 0.15) is 11.5 Å². The van der Waals surface area contributed by atoms with Crippen LogP contribution >= 0.6 is 0 Å². The normalized spacial score (nSPS) is 18.4. The molecule has 4 nitrogen and oxygen atoms in total. The Kier molecular flexibility index (Phi) is 4.09. The molecule has 0 unspecified atom stereocenters. The molecule has 0 bridgehead atoms. The van der Waals surface area contributed by atoms with Crippen LogP contribution in [0.2, 0.25) is 0 Å². The monoisotopic (exact) mass is 251 g/mol. The van der Waals surface area contributed by atoms with Crippen LogP contribution in [0.1, 0.15) is 18.4 Å². The van der Waals surface area contributed by atoms with E-state index in [1.807, 2.05) is 18.2 Å². The summed E-state index contributed by atoms with van der Waals surface area (Å²) in [6, 6.07) is 5.74. The molecule has 1 aromatic rings. The third kappa shape index (κ3) is 2.94. The number of hydrogen-bond acceptors (Lipinski definition) is 4. The number of aliphatic hydroxyl groups is 1. The number of hydrogen-bond donors (Lipinski definition) is 2. The van der Waals surface area contributed by atoms with Gasteiger partial charge in [-0.15, -0.1) is 0 Å². The molecule has 1 fully saturated rings. The standard InChI is InChI=1S/C14H21NO3/c1-17-12-4-3-11(13(9-12)18-2)10-14(16)5-7-15-8-6-14/h3-4,9,15-16H,5-8,10H2,1-2H3. The predicted molar refractivity (Wildman–Crippen MR) is 70.3 cm³/mol. The number of piperidine rings is 1. The minimum Gasteiger partial charge on any atom is -0.497 e. The van der Waals surface area contributed by atoms with Gasteiger partial charge in [0.25, 0.3) is 0 Å². The van der Waals surface area contributed by atoms with Gasteiger partial charge < -0.3 is 19.9 Å². The molecule has 4 heteroatoms. The average Bonchev–Trinajstić information content (AvgIpc) is 2.39. The van der Waals surface area contributed by atoms with Crippen molar-refractivity contribution in [2.45, 2.75) is 24.9 Å².